The SMILES string of the molecule is Cc1ccc(N(C(=O)COc2cc(C)c(Cl)c(C)c2)S(=O)(=O)c2ccc(C)cc2)cc1. The van der Waals surface area contributed by atoms with Crippen molar-refractivity contribution < 1.29 is 17.9 Å². The van der Waals surface area contributed by atoms with Gasteiger partial charge in [-0.1, -0.05) is 47.0 Å². The Morgan fingerprint density at radius 2 is 1.35 bits per heavy atom. The first-order chi connectivity index (χ1) is 14.6. The molecule has 0 bridgehead atoms. The lowest BCUT2D eigenvalue weighted by Crippen LogP contribution is -2.40. The molecule has 0 spiro atoms. The van der Waals surface area contributed by atoms with Gasteiger partial charge in [-0.15, -0.1) is 0 Å². The lowest BCUT2D eigenvalue weighted by atomic mass is 10.1. The molecule has 0 heterocycles. The van der Waals surface area contributed by atoms with Gasteiger partial charge in [0.1, 0.15) is 5.75 Å². The summed E-state index contributed by atoms with van der Waals surface area (Å²) < 4.78 is 33.2. The number of carbonyl (C=O) groups is 1. The normalized spacial score (nSPS) is 11.3. The van der Waals surface area contributed by atoms with Crippen LogP contribution in [0.25, 0.3) is 0 Å². The maximum atomic E-state index is 13.4. The number of nitrogens with zero attached hydrogens (tertiary/aromatic N) is 1. The summed E-state index contributed by atoms with van der Waals surface area (Å²) in [6.07, 6.45) is 0. The second-order valence-corrected chi connectivity index (χ2v) is 9.64. The lowest BCUT2D eigenvalue weighted by molar-refractivity contribution is -0.119. The first-order valence-corrected chi connectivity index (χ1v) is 11.5. The van der Waals surface area contributed by atoms with Crippen LogP contribution in [0, 0.1) is 27.7 Å². The molecule has 0 unspecified atom stereocenters. The molecule has 5 nitrogen and oxygen atoms in total. The van der Waals surface area contributed by atoms with Gasteiger partial charge in [-0.25, -0.2) is 8.42 Å². The van der Waals surface area contributed by atoms with Crippen LogP contribution in [-0.2, 0) is 14.8 Å². The van der Waals surface area contributed by atoms with Crippen molar-refractivity contribution in [3.63, 3.8) is 0 Å². The Bertz CT molecular complexity index is 1180. The zero-order valence-corrected chi connectivity index (χ0v) is 19.4. The number of hydrogen-bond acceptors (Lipinski definition) is 4. The largest absolute Gasteiger partial charge is 0.484 e. The van der Waals surface area contributed by atoms with Crippen molar-refractivity contribution in [1.29, 1.82) is 0 Å². The number of aryl methyl sites for hydroxylation is 4. The zero-order chi connectivity index (χ0) is 22.8. The number of rotatable bonds is 6. The summed E-state index contributed by atoms with van der Waals surface area (Å²) in [7, 11) is -4.13. The van der Waals surface area contributed by atoms with Crippen molar-refractivity contribution in [3.05, 3.63) is 87.9 Å². The Morgan fingerprint density at radius 1 is 0.871 bits per heavy atom. The average molecular weight is 458 g/mol. The van der Waals surface area contributed by atoms with Crippen molar-refractivity contribution >= 4 is 33.2 Å². The molecular formula is C24H24ClNO4S. The molecule has 1 amide bonds. The van der Waals surface area contributed by atoms with Gasteiger partial charge >= 0.3 is 0 Å². The summed E-state index contributed by atoms with van der Waals surface area (Å²) in [4.78, 5) is 13.2. The van der Waals surface area contributed by atoms with Crippen LogP contribution in [0.15, 0.2) is 65.6 Å². The van der Waals surface area contributed by atoms with Crippen molar-refractivity contribution in [2.45, 2.75) is 32.6 Å². The van der Waals surface area contributed by atoms with Gasteiger partial charge in [0.2, 0.25) is 0 Å². The first-order valence-electron chi connectivity index (χ1n) is 9.70. The monoisotopic (exact) mass is 457 g/mol. The van der Waals surface area contributed by atoms with E-state index < -0.39 is 22.5 Å². The number of sulfonamides is 1. The van der Waals surface area contributed by atoms with Gasteiger partial charge in [0, 0.05) is 5.02 Å². The molecule has 0 aliphatic carbocycles. The van der Waals surface area contributed by atoms with Gasteiger partial charge < -0.3 is 4.74 Å². The summed E-state index contributed by atoms with van der Waals surface area (Å²) in [5.74, 6) is -0.251. The van der Waals surface area contributed by atoms with Gasteiger partial charge in [-0.05, 0) is 75.2 Å². The molecule has 162 valence electrons. The van der Waals surface area contributed by atoms with E-state index in [4.69, 9.17) is 16.3 Å². The number of benzene rings is 3. The van der Waals surface area contributed by atoms with Crippen molar-refractivity contribution in [2.75, 3.05) is 10.9 Å². The number of ether oxygens (including phenoxy) is 1. The summed E-state index contributed by atoms with van der Waals surface area (Å²) >= 11 is 6.18. The van der Waals surface area contributed by atoms with Gasteiger partial charge in [-0.2, -0.15) is 4.31 Å². The van der Waals surface area contributed by atoms with Gasteiger partial charge in [0.05, 0.1) is 10.6 Å². The summed E-state index contributed by atoms with van der Waals surface area (Å²) in [5.41, 5.74) is 3.75. The van der Waals surface area contributed by atoms with E-state index in [0.29, 0.717) is 10.8 Å². The molecule has 0 saturated carbocycles. The van der Waals surface area contributed by atoms with Crippen LogP contribution < -0.4 is 9.04 Å². The molecule has 3 rings (SSSR count). The lowest BCUT2D eigenvalue weighted by Gasteiger charge is -2.23. The van der Waals surface area contributed by atoms with Crippen LogP contribution in [0.5, 0.6) is 5.75 Å². The predicted octanol–water partition coefficient (Wildman–Crippen LogP) is 5.37. The van der Waals surface area contributed by atoms with Crippen LogP contribution in [0.3, 0.4) is 0 Å². The minimum absolute atomic E-state index is 0.0326. The predicted molar refractivity (Wildman–Crippen MR) is 123 cm³/mol. The second kappa shape index (κ2) is 9.12. The van der Waals surface area contributed by atoms with Crippen LogP contribution in [-0.4, -0.2) is 20.9 Å². The summed E-state index contributed by atoms with van der Waals surface area (Å²) in [6, 6.07) is 16.5. The van der Waals surface area contributed by atoms with Crippen molar-refractivity contribution in [2.24, 2.45) is 0 Å². The molecule has 0 fully saturated rings. The summed E-state index contributed by atoms with van der Waals surface area (Å²) in [6.45, 7) is 6.98. The van der Waals surface area contributed by atoms with E-state index in [2.05, 4.69) is 0 Å². The number of halogens is 1. The number of amides is 1. The molecule has 0 aromatic heterocycles. The molecule has 0 aliphatic rings. The highest BCUT2D eigenvalue weighted by atomic mass is 35.5. The third-order valence-electron chi connectivity index (χ3n) is 4.83. The minimum Gasteiger partial charge on any atom is -0.484 e. The molecule has 0 aliphatic heterocycles. The Kier molecular flexibility index (Phi) is 6.72. The molecular weight excluding hydrogens is 434 g/mol. The second-order valence-electron chi connectivity index (χ2n) is 7.47. The maximum absolute atomic E-state index is 13.4. The van der Waals surface area contributed by atoms with E-state index in [1.807, 2.05) is 27.7 Å². The van der Waals surface area contributed by atoms with Gasteiger partial charge in [0.15, 0.2) is 6.61 Å². The van der Waals surface area contributed by atoms with Gasteiger partial charge in [0.25, 0.3) is 15.9 Å². The fraction of sp³-hybridized carbons (Fsp3) is 0.208. The topological polar surface area (TPSA) is 63.7 Å². The van der Waals surface area contributed by atoms with E-state index in [1.54, 1.807) is 48.5 Å². The molecule has 0 atom stereocenters. The smallest absolute Gasteiger partial charge is 0.278 e. The van der Waals surface area contributed by atoms with Gasteiger partial charge in [-0.3, -0.25) is 4.79 Å². The Hall–Kier alpha value is -2.83. The number of anilines is 1. The van der Waals surface area contributed by atoms with Crippen LogP contribution in [0.2, 0.25) is 5.02 Å². The molecule has 7 heteroatoms. The fourth-order valence-electron chi connectivity index (χ4n) is 3.11. The number of hydrogen-bond donors (Lipinski definition) is 0. The Labute approximate surface area is 188 Å². The molecule has 0 radical (unpaired) electrons. The van der Waals surface area contributed by atoms with E-state index >= 15 is 0 Å². The molecule has 3 aromatic carbocycles. The zero-order valence-electron chi connectivity index (χ0n) is 17.8. The quantitative estimate of drug-likeness (QED) is 0.498. The van der Waals surface area contributed by atoms with E-state index in [9.17, 15) is 13.2 Å². The van der Waals surface area contributed by atoms with Crippen LogP contribution >= 0.6 is 11.6 Å². The molecule has 0 N–H and O–H groups in total. The third-order valence-corrected chi connectivity index (χ3v) is 7.19. The average Bonchev–Trinajstić information content (AvgIpc) is 2.72. The fourth-order valence-corrected chi connectivity index (χ4v) is 4.63. The Balaban J connectivity index is 1.95. The van der Waals surface area contributed by atoms with E-state index in [0.717, 1.165) is 26.6 Å². The molecule has 0 saturated heterocycles. The summed E-state index contributed by atoms with van der Waals surface area (Å²) in [5, 5.41) is 0.627. The highest BCUT2D eigenvalue weighted by Crippen LogP contribution is 2.27. The maximum Gasteiger partial charge on any atom is 0.278 e. The highest BCUT2D eigenvalue weighted by Gasteiger charge is 2.31. The van der Waals surface area contributed by atoms with E-state index in [1.165, 1.54) is 12.1 Å². The molecule has 3 aromatic rings. The molecule has 31 heavy (non-hydrogen) atoms. The first kappa shape index (κ1) is 22.8. The highest BCUT2D eigenvalue weighted by molar-refractivity contribution is 7.93. The van der Waals surface area contributed by atoms with Crippen molar-refractivity contribution in [1.82, 2.24) is 0 Å². The van der Waals surface area contributed by atoms with Crippen LogP contribution in [0.1, 0.15) is 22.3 Å². The number of carbonyl (C=O) groups excluding carboxylic acids is 1. The Morgan fingerprint density at radius 3 is 1.87 bits per heavy atom. The standard InChI is InChI=1S/C24H24ClNO4S/c1-16-5-9-20(10-6-16)26(31(28,29)22-11-7-17(2)8-12-22)23(27)15-30-21-13-18(3)24(25)19(4)14-21/h5-14H,15H2,1-4H3. The van der Waals surface area contributed by atoms with Crippen LogP contribution in [0.4, 0.5) is 5.69 Å². The third kappa shape index (κ3) is 5.09. The van der Waals surface area contributed by atoms with Crippen molar-refractivity contribution in [3.8, 4) is 5.75 Å². The minimum atomic E-state index is -4.13. The van der Waals surface area contributed by atoms with E-state index in [-0.39, 0.29) is 10.6 Å².